The summed E-state index contributed by atoms with van der Waals surface area (Å²) in [6, 6.07) is 14.5. The molecule has 10 heteroatoms. The molecule has 3 atom stereocenters. The van der Waals surface area contributed by atoms with Crippen LogP contribution in [0.15, 0.2) is 48.5 Å². The number of nitrogens with zero attached hydrogens (tertiary/aromatic N) is 1. The molecule has 3 aromatic carbocycles. The topological polar surface area (TPSA) is 116 Å². The molecule has 0 radical (unpaired) electrons. The van der Waals surface area contributed by atoms with Crippen LogP contribution < -0.4 is 29.0 Å². The van der Waals surface area contributed by atoms with Gasteiger partial charge < -0.3 is 34.1 Å². The van der Waals surface area contributed by atoms with E-state index in [2.05, 4.69) is 19.2 Å². The highest BCUT2D eigenvalue weighted by atomic mass is 16.7. The van der Waals surface area contributed by atoms with Gasteiger partial charge in [-0.05, 0) is 65.8 Å². The lowest BCUT2D eigenvalue weighted by molar-refractivity contribution is -0.143. The Morgan fingerprint density at radius 2 is 1.64 bits per heavy atom. The fourth-order valence-electron chi connectivity index (χ4n) is 6.46. The molecule has 1 fully saturated rings. The van der Waals surface area contributed by atoms with Gasteiger partial charge in [0, 0.05) is 24.2 Å². The van der Waals surface area contributed by atoms with Crippen LogP contribution in [0.1, 0.15) is 61.4 Å². The zero-order valence-electron chi connectivity index (χ0n) is 26.6. The van der Waals surface area contributed by atoms with Crippen LogP contribution in [-0.4, -0.2) is 62.6 Å². The highest BCUT2D eigenvalue weighted by molar-refractivity contribution is 5.94. The normalized spacial score (nSPS) is 18.9. The van der Waals surface area contributed by atoms with Gasteiger partial charge >= 0.3 is 5.97 Å². The first-order chi connectivity index (χ1) is 21.8. The van der Waals surface area contributed by atoms with E-state index < -0.39 is 23.8 Å². The van der Waals surface area contributed by atoms with Crippen molar-refractivity contribution < 1.29 is 38.4 Å². The molecule has 10 nitrogen and oxygen atoms in total. The van der Waals surface area contributed by atoms with E-state index in [0.29, 0.717) is 47.5 Å². The third-order valence-corrected chi connectivity index (χ3v) is 8.59. The Morgan fingerprint density at radius 1 is 0.933 bits per heavy atom. The van der Waals surface area contributed by atoms with Gasteiger partial charge in [0.2, 0.25) is 18.4 Å². The zero-order valence-corrected chi connectivity index (χ0v) is 26.6. The molecule has 0 bridgehead atoms. The van der Waals surface area contributed by atoms with Crippen molar-refractivity contribution in [3.63, 3.8) is 0 Å². The Morgan fingerprint density at radius 3 is 2.29 bits per heavy atom. The summed E-state index contributed by atoms with van der Waals surface area (Å²) in [6.45, 7) is 7.02. The van der Waals surface area contributed by atoms with Gasteiger partial charge in [0.1, 0.15) is 0 Å². The Balaban J connectivity index is 1.55. The van der Waals surface area contributed by atoms with Gasteiger partial charge in [-0.1, -0.05) is 45.0 Å². The van der Waals surface area contributed by atoms with Crippen molar-refractivity contribution in [2.45, 2.75) is 52.0 Å². The molecule has 3 aromatic rings. The first-order valence-corrected chi connectivity index (χ1v) is 15.5. The number of ether oxygens (including phenoxy) is 5. The van der Waals surface area contributed by atoms with Crippen LogP contribution in [-0.2, 0) is 22.4 Å². The lowest BCUT2D eigenvalue weighted by Gasteiger charge is -2.28. The number of carbonyl (C=O) groups is 2. The fourth-order valence-corrected chi connectivity index (χ4v) is 6.46. The summed E-state index contributed by atoms with van der Waals surface area (Å²) < 4.78 is 28.4. The molecule has 0 spiro atoms. The van der Waals surface area contributed by atoms with Gasteiger partial charge in [-0.25, -0.2) is 0 Å². The largest absolute Gasteiger partial charge is 0.493 e. The number of aliphatic carboxylic acids is 1. The van der Waals surface area contributed by atoms with Crippen LogP contribution in [0.3, 0.4) is 0 Å². The summed E-state index contributed by atoms with van der Waals surface area (Å²) >= 11 is 0. The molecule has 45 heavy (non-hydrogen) atoms. The Bertz CT molecular complexity index is 1520. The minimum Gasteiger partial charge on any atom is -0.493 e. The van der Waals surface area contributed by atoms with E-state index in [1.807, 2.05) is 60.4 Å². The SMILES string of the molecule is CCCOc1ccc(C2C(C(=O)O)C(c3cc(OC)c4c(c3)OCO4)CN2CC(=O)Nc2c(CC)cccc2CC)cc1OC. The van der Waals surface area contributed by atoms with Gasteiger partial charge in [-0.3, -0.25) is 14.5 Å². The number of carbonyl (C=O) groups excluding carboxylic acids is 1. The minimum absolute atomic E-state index is 0.00968. The average molecular weight is 619 g/mol. The quantitative estimate of drug-likeness (QED) is 0.244. The molecule has 0 aliphatic carbocycles. The van der Waals surface area contributed by atoms with Gasteiger partial charge in [-0.15, -0.1) is 0 Å². The molecular weight excluding hydrogens is 576 g/mol. The van der Waals surface area contributed by atoms with Gasteiger partial charge in [0.25, 0.3) is 0 Å². The average Bonchev–Trinajstić information content (AvgIpc) is 3.68. The standard InChI is InChI=1S/C35H42N2O8/c1-6-14-43-26-13-12-23(15-27(26)41-4)33-31(35(39)40)25(24-16-28(42-5)34-29(17-24)44-20-45-34)18-37(33)19-30(38)36-32-21(7-2)10-9-11-22(32)8-3/h9-13,15-17,25,31,33H,6-8,14,18-20H2,1-5H3,(H,36,38)(H,39,40). The van der Waals surface area contributed by atoms with E-state index in [-0.39, 0.29) is 19.2 Å². The van der Waals surface area contributed by atoms with E-state index >= 15 is 0 Å². The van der Waals surface area contributed by atoms with Crippen molar-refractivity contribution >= 4 is 17.6 Å². The van der Waals surface area contributed by atoms with Crippen molar-refractivity contribution in [3.05, 3.63) is 70.8 Å². The number of anilines is 1. The molecule has 2 aliphatic heterocycles. The van der Waals surface area contributed by atoms with E-state index in [1.165, 1.54) is 7.11 Å². The van der Waals surface area contributed by atoms with E-state index in [0.717, 1.165) is 41.6 Å². The lowest BCUT2D eigenvalue weighted by Crippen LogP contribution is -2.35. The Kier molecular flexibility index (Phi) is 10.0. The van der Waals surface area contributed by atoms with Crippen LogP contribution in [0.4, 0.5) is 5.69 Å². The molecule has 5 rings (SSSR count). The molecule has 2 heterocycles. The first kappa shape index (κ1) is 32.0. The van der Waals surface area contributed by atoms with Crippen molar-refractivity contribution in [1.82, 2.24) is 4.90 Å². The Labute approximate surface area is 264 Å². The van der Waals surface area contributed by atoms with E-state index in [4.69, 9.17) is 23.7 Å². The van der Waals surface area contributed by atoms with Crippen molar-refractivity contribution in [2.75, 3.05) is 46.0 Å². The molecule has 2 aliphatic rings. The lowest BCUT2D eigenvalue weighted by atomic mass is 9.82. The number of amides is 1. The number of para-hydroxylation sites is 1. The zero-order chi connectivity index (χ0) is 32.1. The number of rotatable bonds is 13. The first-order valence-electron chi connectivity index (χ1n) is 15.5. The van der Waals surface area contributed by atoms with Crippen molar-refractivity contribution in [3.8, 4) is 28.7 Å². The second-order valence-corrected chi connectivity index (χ2v) is 11.3. The molecule has 1 saturated heterocycles. The number of aryl methyl sites for hydroxylation is 2. The molecule has 3 unspecified atom stereocenters. The van der Waals surface area contributed by atoms with Crippen LogP contribution in [0, 0.1) is 5.92 Å². The van der Waals surface area contributed by atoms with Gasteiger partial charge in [-0.2, -0.15) is 0 Å². The third-order valence-electron chi connectivity index (χ3n) is 8.59. The summed E-state index contributed by atoms with van der Waals surface area (Å²) in [5, 5.41) is 13.9. The number of hydrogen-bond acceptors (Lipinski definition) is 8. The maximum absolute atomic E-state index is 13.7. The molecule has 0 aromatic heterocycles. The van der Waals surface area contributed by atoms with E-state index in [1.54, 1.807) is 7.11 Å². The van der Waals surface area contributed by atoms with Crippen molar-refractivity contribution in [2.24, 2.45) is 5.92 Å². The molecule has 0 saturated carbocycles. The van der Waals surface area contributed by atoms with E-state index in [9.17, 15) is 14.7 Å². The van der Waals surface area contributed by atoms with Crippen LogP contribution in [0.25, 0.3) is 0 Å². The highest BCUT2D eigenvalue weighted by Gasteiger charge is 2.48. The summed E-state index contributed by atoms with van der Waals surface area (Å²) in [4.78, 5) is 28.8. The summed E-state index contributed by atoms with van der Waals surface area (Å²) in [6.07, 6.45) is 2.38. The van der Waals surface area contributed by atoms with Crippen molar-refractivity contribution in [1.29, 1.82) is 0 Å². The smallest absolute Gasteiger partial charge is 0.309 e. The Hall–Kier alpha value is -4.44. The number of carboxylic acids is 1. The van der Waals surface area contributed by atoms with Crippen LogP contribution in [0.5, 0.6) is 28.7 Å². The fraction of sp³-hybridized carbons (Fsp3) is 0.429. The maximum atomic E-state index is 13.7. The number of likely N-dealkylation sites (tertiary alicyclic amines) is 1. The summed E-state index contributed by atoms with van der Waals surface area (Å²) in [5.41, 5.74) is 4.39. The predicted molar refractivity (Wildman–Crippen MR) is 170 cm³/mol. The molecule has 1 amide bonds. The number of nitrogens with one attached hydrogen (secondary N) is 1. The van der Waals surface area contributed by atoms with Gasteiger partial charge in [0.05, 0.1) is 33.3 Å². The third kappa shape index (κ3) is 6.51. The highest BCUT2D eigenvalue weighted by Crippen LogP contribution is 2.51. The second kappa shape index (κ2) is 14.1. The molecule has 240 valence electrons. The minimum atomic E-state index is -0.973. The number of fused-ring (bicyclic) bond motifs is 1. The monoisotopic (exact) mass is 618 g/mol. The summed E-state index contributed by atoms with van der Waals surface area (Å²) in [5.74, 6) is -0.0119. The predicted octanol–water partition coefficient (Wildman–Crippen LogP) is 5.83. The molecular formula is C35H42N2O8. The van der Waals surface area contributed by atoms with Crippen LogP contribution in [0.2, 0.25) is 0 Å². The van der Waals surface area contributed by atoms with Gasteiger partial charge in [0.15, 0.2) is 23.0 Å². The number of hydrogen-bond donors (Lipinski definition) is 2. The second-order valence-electron chi connectivity index (χ2n) is 11.3. The van der Waals surface area contributed by atoms with Crippen LogP contribution >= 0.6 is 0 Å². The maximum Gasteiger partial charge on any atom is 0.309 e. The summed E-state index contributed by atoms with van der Waals surface area (Å²) in [7, 11) is 3.10. The number of benzene rings is 3. The number of carboxylic acid groups (broad SMARTS) is 1. The number of methoxy groups -OCH3 is 2. The molecule has 2 N–H and O–H groups in total.